The van der Waals surface area contributed by atoms with Crippen LogP contribution in [0.5, 0.6) is 0 Å². The number of likely N-dealkylation sites (N-methyl/N-ethyl adjacent to an activating group) is 1. The predicted octanol–water partition coefficient (Wildman–Crippen LogP) is 1.77. The molecule has 4 heteroatoms. The van der Waals surface area contributed by atoms with Gasteiger partial charge in [0, 0.05) is 11.3 Å². The van der Waals surface area contributed by atoms with Crippen molar-refractivity contribution in [3.8, 4) is 0 Å². The van der Waals surface area contributed by atoms with Gasteiger partial charge in [0.25, 0.3) is 0 Å². The van der Waals surface area contributed by atoms with Gasteiger partial charge >= 0.3 is 0 Å². The monoisotopic (exact) mass is 244 g/mol. The predicted molar refractivity (Wildman–Crippen MR) is 70.8 cm³/mol. The Balaban J connectivity index is 2.37. The lowest BCUT2D eigenvalue weighted by molar-refractivity contribution is -0.126. The maximum absolute atomic E-state index is 11.9. The van der Waals surface area contributed by atoms with E-state index in [-0.39, 0.29) is 5.91 Å². The highest BCUT2D eigenvalue weighted by atomic mass is 32.2. The summed E-state index contributed by atoms with van der Waals surface area (Å²) in [5, 5.41) is 6.92. The smallest absolute Gasteiger partial charge is 0.239 e. The first-order valence-electron chi connectivity index (χ1n) is 6.11. The molecule has 0 bridgehead atoms. The van der Waals surface area contributed by atoms with E-state index >= 15 is 0 Å². The zero-order valence-electron chi connectivity index (χ0n) is 10.8. The Kier molecular flexibility index (Phi) is 5.12. The van der Waals surface area contributed by atoms with Crippen LogP contribution in [-0.4, -0.2) is 35.5 Å². The largest absolute Gasteiger partial charge is 0.352 e. The standard InChI is InChI=1S/C12H24N2OS/c1-5-16-10-7-6-9(8-10)14-11(15)12(2,3)13-4/h9-10,13H,5-8H2,1-4H3,(H,14,15). The third-order valence-electron chi connectivity index (χ3n) is 3.31. The molecule has 0 radical (unpaired) electrons. The van der Waals surface area contributed by atoms with Gasteiger partial charge in [0.2, 0.25) is 5.91 Å². The zero-order valence-corrected chi connectivity index (χ0v) is 11.6. The van der Waals surface area contributed by atoms with Gasteiger partial charge in [0.1, 0.15) is 0 Å². The van der Waals surface area contributed by atoms with Crippen molar-refractivity contribution in [3.63, 3.8) is 0 Å². The topological polar surface area (TPSA) is 41.1 Å². The first-order chi connectivity index (χ1) is 7.49. The van der Waals surface area contributed by atoms with Crippen LogP contribution in [0.25, 0.3) is 0 Å². The molecule has 0 spiro atoms. The summed E-state index contributed by atoms with van der Waals surface area (Å²) < 4.78 is 0. The summed E-state index contributed by atoms with van der Waals surface area (Å²) in [4.78, 5) is 11.9. The summed E-state index contributed by atoms with van der Waals surface area (Å²) in [5.41, 5.74) is -0.462. The molecule has 1 rings (SSSR count). The molecule has 0 heterocycles. The normalized spacial score (nSPS) is 25.8. The van der Waals surface area contributed by atoms with Gasteiger partial charge in [-0.3, -0.25) is 4.79 Å². The maximum Gasteiger partial charge on any atom is 0.239 e. The Bertz CT molecular complexity index is 243. The van der Waals surface area contributed by atoms with Gasteiger partial charge in [-0.2, -0.15) is 11.8 Å². The van der Waals surface area contributed by atoms with Crippen LogP contribution >= 0.6 is 11.8 Å². The van der Waals surface area contributed by atoms with Crippen LogP contribution in [0.1, 0.15) is 40.0 Å². The van der Waals surface area contributed by atoms with E-state index in [2.05, 4.69) is 17.6 Å². The number of rotatable bonds is 5. The Morgan fingerprint density at radius 1 is 1.44 bits per heavy atom. The Labute approximate surface area is 103 Å². The SMILES string of the molecule is CCSC1CCC(NC(=O)C(C)(C)NC)C1. The second kappa shape index (κ2) is 5.92. The summed E-state index contributed by atoms with van der Waals surface area (Å²) in [6.07, 6.45) is 3.50. The van der Waals surface area contributed by atoms with E-state index in [1.807, 2.05) is 32.7 Å². The molecule has 1 aliphatic carbocycles. The Morgan fingerprint density at radius 3 is 2.69 bits per heavy atom. The van der Waals surface area contributed by atoms with E-state index in [9.17, 15) is 4.79 Å². The van der Waals surface area contributed by atoms with Gasteiger partial charge in [-0.1, -0.05) is 6.92 Å². The molecule has 0 aromatic heterocycles. The zero-order chi connectivity index (χ0) is 12.2. The molecule has 0 aromatic rings. The van der Waals surface area contributed by atoms with Crippen LogP contribution in [0.15, 0.2) is 0 Å². The van der Waals surface area contributed by atoms with E-state index < -0.39 is 5.54 Å². The summed E-state index contributed by atoms with van der Waals surface area (Å²) in [6, 6.07) is 0.379. The number of hydrogen-bond acceptors (Lipinski definition) is 3. The Hall–Kier alpha value is -0.220. The van der Waals surface area contributed by atoms with Crippen molar-refractivity contribution in [2.75, 3.05) is 12.8 Å². The van der Waals surface area contributed by atoms with Gasteiger partial charge < -0.3 is 10.6 Å². The average Bonchev–Trinajstić information content (AvgIpc) is 2.66. The number of nitrogens with one attached hydrogen (secondary N) is 2. The minimum absolute atomic E-state index is 0.113. The van der Waals surface area contributed by atoms with Crippen molar-refractivity contribution in [1.29, 1.82) is 0 Å². The first-order valence-corrected chi connectivity index (χ1v) is 7.16. The third-order valence-corrected chi connectivity index (χ3v) is 4.55. The molecule has 0 aromatic carbocycles. The van der Waals surface area contributed by atoms with Gasteiger partial charge in [0.15, 0.2) is 0 Å². The molecular weight excluding hydrogens is 220 g/mol. The van der Waals surface area contributed by atoms with Crippen LogP contribution in [0.4, 0.5) is 0 Å². The Morgan fingerprint density at radius 2 is 2.12 bits per heavy atom. The van der Waals surface area contributed by atoms with E-state index in [1.54, 1.807) is 0 Å². The van der Waals surface area contributed by atoms with Gasteiger partial charge in [-0.25, -0.2) is 0 Å². The molecular formula is C12H24N2OS. The van der Waals surface area contributed by atoms with Crippen molar-refractivity contribution >= 4 is 17.7 Å². The summed E-state index contributed by atoms with van der Waals surface area (Å²) in [6.45, 7) is 6.02. The minimum atomic E-state index is -0.462. The first kappa shape index (κ1) is 13.8. The lowest BCUT2D eigenvalue weighted by Crippen LogP contribution is -2.53. The molecule has 0 aliphatic heterocycles. The average molecular weight is 244 g/mol. The van der Waals surface area contributed by atoms with Crippen LogP contribution in [0.3, 0.4) is 0 Å². The third kappa shape index (κ3) is 3.67. The molecule has 2 atom stereocenters. The van der Waals surface area contributed by atoms with Crippen LogP contribution in [-0.2, 0) is 4.79 Å². The number of hydrogen-bond donors (Lipinski definition) is 2. The van der Waals surface area contributed by atoms with E-state index in [4.69, 9.17) is 0 Å². The van der Waals surface area contributed by atoms with Crippen molar-refractivity contribution in [2.45, 2.75) is 56.9 Å². The number of carbonyl (C=O) groups is 1. The van der Waals surface area contributed by atoms with Crippen LogP contribution < -0.4 is 10.6 Å². The lowest BCUT2D eigenvalue weighted by atomic mass is 10.0. The summed E-state index contributed by atoms with van der Waals surface area (Å²) in [5.74, 6) is 1.29. The fourth-order valence-corrected chi connectivity index (χ4v) is 3.08. The summed E-state index contributed by atoms with van der Waals surface area (Å²) >= 11 is 2.02. The van der Waals surface area contributed by atoms with Crippen molar-refractivity contribution in [3.05, 3.63) is 0 Å². The number of amides is 1. The number of carbonyl (C=O) groups excluding carboxylic acids is 1. The minimum Gasteiger partial charge on any atom is -0.352 e. The van der Waals surface area contributed by atoms with Gasteiger partial charge in [-0.05, 0) is 45.9 Å². The fourth-order valence-electron chi connectivity index (χ4n) is 1.94. The van der Waals surface area contributed by atoms with Crippen molar-refractivity contribution in [1.82, 2.24) is 10.6 Å². The second-order valence-electron chi connectivity index (χ2n) is 4.94. The lowest BCUT2D eigenvalue weighted by Gasteiger charge is -2.25. The molecule has 3 nitrogen and oxygen atoms in total. The fraction of sp³-hybridized carbons (Fsp3) is 0.917. The van der Waals surface area contributed by atoms with E-state index in [0.29, 0.717) is 6.04 Å². The van der Waals surface area contributed by atoms with E-state index in [1.165, 1.54) is 12.2 Å². The second-order valence-corrected chi connectivity index (χ2v) is 6.51. The van der Waals surface area contributed by atoms with Crippen molar-refractivity contribution in [2.24, 2.45) is 0 Å². The van der Waals surface area contributed by atoms with Crippen LogP contribution in [0.2, 0.25) is 0 Å². The molecule has 16 heavy (non-hydrogen) atoms. The highest BCUT2D eigenvalue weighted by molar-refractivity contribution is 7.99. The molecule has 0 saturated heterocycles. The highest BCUT2D eigenvalue weighted by Gasteiger charge is 2.31. The van der Waals surface area contributed by atoms with Crippen LogP contribution in [0, 0.1) is 0 Å². The quantitative estimate of drug-likeness (QED) is 0.774. The molecule has 2 N–H and O–H groups in total. The molecule has 1 aliphatic rings. The highest BCUT2D eigenvalue weighted by Crippen LogP contribution is 2.29. The van der Waals surface area contributed by atoms with Gasteiger partial charge in [-0.15, -0.1) is 0 Å². The molecule has 1 saturated carbocycles. The van der Waals surface area contributed by atoms with E-state index in [0.717, 1.165) is 18.1 Å². The molecule has 2 unspecified atom stereocenters. The van der Waals surface area contributed by atoms with Crippen molar-refractivity contribution < 1.29 is 4.79 Å². The maximum atomic E-state index is 11.9. The summed E-state index contributed by atoms with van der Waals surface area (Å²) in [7, 11) is 1.82. The molecule has 1 amide bonds. The molecule has 1 fully saturated rings. The number of thioether (sulfide) groups is 1. The molecule has 94 valence electrons. The van der Waals surface area contributed by atoms with Gasteiger partial charge in [0.05, 0.1) is 5.54 Å².